The van der Waals surface area contributed by atoms with E-state index in [0.717, 1.165) is 30.0 Å². The zero-order chi connectivity index (χ0) is 21.8. The molecule has 0 bridgehead atoms. The lowest BCUT2D eigenvalue weighted by molar-refractivity contribution is -0.128. The van der Waals surface area contributed by atoms with Crippen molar-refractivity contribution < 1.29 is 9.59 Å². The van der Waals surface area contributed by atoms with E-state index in [4.69, 9.17) is 0 Å². The molecule has 2 fully saturated rings. The van der Waals surface area contributed by atoms with Crippen molar-refractivity contribution in [3.63, 3.8) is 0 Å². The number of hydrogen-bond donors (Lipinski definition) is 2. The van der Waals surface area contributed by atoms with Gasteiger partial charge in [0.25, 0.3) is 0 Å². The van der Waals surface area contributed by atoms with Crippen molar-refractivity contribution in [2.24, 2.45) is 5.92 Å². The summed E-state index contributed by atoms with van der Waals surface area (Å²) >= 11 is 0. The molecule has 1 atom stereocenters. The first-order valence-electron chi connectivity index (χ1n) is 11.2. The Kier molecular flexibility index (Phi) is 6.44. The molecule has 2 aliphatic heterocycles. The van der Waals surface area contributed by atoms with Gasteiger partial charge in [-0.05, 0) is 61.6 Å². The number of nitrogens with one attached hydrogen (secondary N) is 2. The van der Waals surface area contributed by atoms with Crippen LogP contribution in [0.3, 0.4) is 0 Å². The smallest absolute Gasteiger partial charge is 0.225 e. The summed E-state index contributed by atoms with van der Waals surface area (Å²) in [6.07, 6.45) is 4.17. The first kappa shape index (κ1) is 21.2. The van der Waals surface area contributed by atoms with Crippen LogP contribution in [-0.4, -0.2) is 43.4 Å². The summed E-state index contributed by atoms with van der Waals surface area (Å²) < 4.78 is 0. The van der Waals surface area contributed by atoms with Crippen LogP contribution in [0.2, 0.25) is 0 Å². The van der Waals surface area contributed by atoms with Crippen LogP contribution in [0, 0.1) is 12.8 Å². The zero-order valence-electron chi connectivity index (χ0n) is 18.5. The summed E-state index contributed by atoms with van der Waals surface area (Å²) in [5, 5.41) is 6.50. The molecule has 1 unspecified atom stereocenters. The van der Waals surface area contributed by atoms with Gasteiger partial charge in [-0.3, -0.25) is 9.59 Å². The third-order valence-corrected chi connectivity index (χ3v) is 6.35. The molecule has 2 amide bonds. The fourth-order valence-corrected chi connectivity index (χ4v) is 4.33. The van der Waals surface area contributed by atoms with E-state index in [0.29, 0.717) is 19.5 Å². The van der Waals surface area contributed by atoms with E-state index in [-0.39, 0.29) is 17.7 Å². The number of benzene rings is 2. The van der Waals surface area contributed by atoms with Gasteiger partial charge in [-0.25, -0.2) is 0 Å². The highest BCUT2D eigenvalue weighted by atomic mass is 16.2. The summed E-state index contributed by atoms with van der Waals surface area (Å²) in [5.41, 5.74) is 5.68. The number of likely N-dealkylation sites (tertiary alicyclic amines) is 1. The summed E-state index contributed by atoms with van der Waals surface area (Å²) in [7, 11) is 1.74. The van der Waals surface area contributed by atoms with Crippen LogP contribution >= 0.6 is 0 Å². The molecule has 2 N–H and O–H groups in total. The lowest BCUT2D eigenvalue weighted by atomic mass is 10.1. The SMILES string of the molecule is Cc1ccc(N2CCCCC2)cc1Nc1ccc(CNC(=O)C2CC(=O)N(C)C2)cc1. The summed E-state index contributed by atoms with van der Waals surface area (Å²) in [4.78, 5) is 28.0. The maximum Gasteiger partial charge on any atom is 0.225 e. The number of carbonyl (C=O) groups excluding carboxylic acids is 2. The molecule has 0 radical (unpaired) electrons. The number of piperidine rings is 1. The first-order chi connectivity index (χ1) is 15.0. The number of rotatable bonds is 6. The molecule has 0 aliphatic carbocycles. The third-order valence-electron chi connectivity index (χ3n) is 6.35. The molecule has 0 saturated carbocycles. The predicted octanol–water partition coefficient (Wildman–Crippen LogP) is 3.82. The molecule has 0 aromatic heterocycles. The average molecular weight is 421 g/mol. The molecule has 2 saturated heterocycles. The van der Waals surface area contributed by atoms with E-state index < -0.39 is 0 Å². The number of aryl methyl sites for hydroxylation is 1. The van der Waals surface area contributed by atoms with Gasteiger partial charge in [0, 0.05) is 56.7 Å². The second kappa shape index (κ2) is 9.41. The van der Waals surface area contributed by atoms with Crippen molar-refractivity contribution in [2.45, 2.75) is 39.2 Å². The Hall–Kier alpha value is -3.02. The van der Waals surface area contributed by atoms with E-state index in [9.17, 15) is 9.59 Å². The maximum absolute atomic E-state index is 12.3. The Morgan fingerprint density at radius 1 is 1.06 bits per heavy atom. The number of hydrogen-bond acceptors (Lipinski definition) is 4. The van der Waals surface area contributed by atoms with E-state index >= 15 is 0 Å². The Labute approximate surface area is 184 Å². The van der Waals surface area contributed by atoms with E-state index in [2.05, 4.69) is 40.7 Å². The van der Waals surface area contributed by atoms with Crippen molar-refractivity contribution in [1.82, 2.24) is 10.2 Å². The van der Waals surface area contributed by atoms with Crippen LogP contribution in [0.25, 0.3) is 0 Å². The molecule has 164 valence electrons. The second-order valence-corrected chi connectivity index (χ2v) is 8.76. The van der Waals surface area contributed by atoms with E-state index in [1.807, 2.05) is 24.3 Å². The number of anilines is 3. The third kappa shape index (κ3) is 5.19. The molecule has 31 heavy (non-hydrogen) atoms. The van der Waals surface area contributed by atoms with Gasteiger partial charge in [-0.2, -0.15) is 0 Å². The van der Waals surface area contributed by atoms with Gasteiger partial charge in [-0.1, -0.05) is 18.2 Å². The maximum atomic E-state index is 12.3. The highest BCUT2D eigenvalue weighted by Gasteiger charge is 2.31. The van der Waals surface area contributed by atoms with Crippen molar-refractivity contribution in [2.75, 3.05) is 36.9 Å². The number of nitrogens with zero attached hydrogens (tertiary/aromatic N) is 2. The van der Waals surface area contributed by atoms with Crippen LogP contribution in [0.4, 0.5) is 17.1 Å². The van der Waals surface area contributed by atoms with E-state index in [1.54, 1.807) is 11.9 Å². The van der Waals surface area contributed by atoms with Crippen molar-refractivity contribution >= 4 is 28.9 Å². The molecular formula is C25H32N4O2. The van der Waals surface area contributed by atoms with Crippen molar-refractivity contribution in [3.05, 3.63) is 53.6 Å². The Morgan fingerprint density at radius 2 is 1.81 bits per heavy atom. The second-order valence-electron chi connectivity index (χ2n) is 8.76. The van der Waals surface area contributed by atoms with Gasteiger partial charge in [0.2, 0.25) is 11.8 Å². The molecule has 4 rings (SSSR count). The molecule has 2 heterocycles. The molecule has 6 heteroatoms. The molecular weight excluding hydrogens is 388 g/mol. The van der Waals surface area contributed by atoms with Gasteiger partial charge in [-0.15, -0.1) is 0 Å². The van der Waals surface area contributed by atoms with Crippen LogP contribution in [0.5, 0.6) is 0 Å². The Bertz CT molecular complexity index is 935. The number of amides is 2. The van der Waals surface area contributed by atoms with Crippen LogP contribution in [0.1, 0.15) is 36.8 Å². The summed E-state index contributed by atoms with van der Waals surface area (Å²) in [6.45, 7) is 5.36. The highest BCUT2D eigenvalue weighted by Crippen LogP contribution is 2.28. The highest BCUT2D eigenvalue weighted by molar-refractivity contribution is 5.89. The Balaban J connectivity index is 1.34. The Morgan fingerprint density at radius 3 is 2.48 bits per heavy atom. The van der Waals surface area contributed by atoms with Crippen LogP contribution in [0.15, 0.2) is 42.5 Å². The largest absolute Gasteiger partial charge is 0.371 e. The van der Waals surface area contributed by atoms with Crippen LogP contribution in [-0.2, 0) is 16.1 Å². The minimum atomic E-state index is -0.242. The van der Waals surface area contributed by atoms with Crippen LogP contribution < -0.4 is 15.5 Å². The average Bonchev–Trinajstić information content (AvgIpc) is 3.13. The molecule has 6 nitrogen and oxygen atoms in total. The number of carbonyl (C=O) groups is 2. The molecule has 0 spiro atoms. The fraction of sp³-hybridized carbons (Fsp3) is 0.440. The summed E-state index contributed by atoms with van der Waals surface area (Å²) in [6, 6.07) is 14.8. The minimum Gasteiger partial charge on any atom is -0.371 e. The van der Waals surface area contributed by atoms with Crippen molar-refractivity contribution in [3.8, 4) is 0 Å². The van der Waals surface area contributed by atoms with Gasteiger partial charge < -0.3 is 20.4 Å². The lowest BCUT2D eigenvalue weighted by Gasteiger charge is -2.29. The zero-order valence-corrected chi connectivity index (χ0v) is 18.5. The van der Waals surface area contributed by atoms with E-state index in [1.165, 1.54) is 30.5 Å². The van der Waals surface area contributed by atoms with Gasteiger partial charge in [0.1, 0.15) is 0 Å². The van der Waals surface area contributed by atoms with Gasteiger partial charge >= 0.3 is 0 Å². The topological polar surface area (TPSA) is 64.7 Å². The first-order valence-corrected chi connectivity index (χ1v) is 11.2. The molecule has 2 aliphatic rings. The molecule has 2 aromatic carbocycles. The normalized spacial score (nSPS) is 18.9. The lowest BCUT2D eigenvalue weighted by Crippen LogP contribution is -2.31. The predicted molar refractivity (Wildman–Crippen MR) is 125 cm³/mol. The summed E-state index contributed by atoms with van der Waals surface area (Å²) in [5.74, 6) is -0.256. The quantitative estimate of drug-likeness (QED) is 0.746. The fourth-order valence-electron chi connectivity index (χ4n) is 4.33. The van der Waals surface area contributed by atoms with Gasteiger partial charge in [0.15, 0.2) is 0 Å². The standard InChI is InChI=1S/C25H32N4O2/c1-18-6-11-22(29-12-4-3-5-13-29)15-23(18)27-21-9-7-19(8-10-21)16-26-25(31)20-14-24(30)28(2)17-20/h6-11,15,20,27H,3-5,12-14,16-17H2,1-2H3,(H,26,31). The molecule has 2 aromatic rings. The minimum absolute atomic E-state index is 0.0372. The monoisotopic (exact) mass is 420 g/mol. The van der Waals surface area contributed by atoms with Gasteiger partial charge in [0.05, 0.1) is 5.92 Å². The van der Waals surface area contributed by atoms with Crippen molar-refractivity contribution in [1.29, 1.82) is 0 Å².